The average molecular weight is 460 g/mol. The monoisotopic (exact) mass is 459 g/mol. The van der Waals surface area contributed by atoms with Gasteiger partial charge < -0.3 is 24.9 Å². The van der Waals surface area contributed by atoms with E-state index < -0.39 is 21.1 Å². The van der Waals surface area contributed by atoms with Crippen LogP contribution in [-0.4, -0.2) is 44.9 Å². The van der Waals surface area contributed by atoms with Crippen LogP contribution in [0.25, 0.3) is 22.6 Å². The molecular formula is C22H25N3O6S. The van der Waals surface area contributed by atoms with Crippen molar-refractivity contribution < 1.29 is 27.1 Å². The van der Waals surface area contributed by atoms with Gasteiger partial charge in [0.25, 0.3) is 0 Å². The number of amides is 2. The van der Waals surface area contributed by atoms with Gasteiger partial charge in [-0.15, -0.1) is 0 Å². The molecule has 0 spiro atoms. The van der Waals surface area contributed by atoms with Crippen molar-refractivity contribution in [1.82, 2.24) is 10.3 Å². The number of methoxy groups -OCH3 is 1. The van der Waals surface area contributed by atoms with Gasteiger partial charge in [0.15, 0.2) is 5.76 Å². The molecule has 0 saturated heterocycles. The number of ether oxygens (including phenoxy) is 2. The number of nitrogens with two attached hydrogens (primary N) is 1. The van der Waals surface area contributed by atoms with Crippen LogP contribution in [0.15, 0.2) is 58.2 Å². The molecule has 3 rings (SSSR count). The number of hydrogen-bond donors (Lipinski definition) is 2. The number of urea groups is 1. The Balaban J connectivity index is 1.95. The molecule has 3 N–H and O–H groups in total. The molecule has 2 aromatic carbocycles. The summed E-state index contributed by atoms with van der Waals surface area (Å²) >= 11 is 0. The quantitative estimate of drug-likeness (QED) is 0.469. The van der Waals surface area contributed by atoms with Crippen molar-refractivity contribution in [1.29, 1.82) is 0 Å². The van der Waals surface area contributed by atoms with Crippen molar-refractivity contribution >= 4 is 15.9 Å². The smallest absolute Gasteiger partial charge is 0.316 e. The highest BCUT2D eigenvalue weighted by atomic mass is 32.2. The van der Waals surface area contributed by atoms with Gasteiger partial charge in [0.2, 0.25) is 9.84 Å². The van der Waals surface area contributed by atoms with Gasteiger partial charge in [0.05, 0.1) is 18.9 Å². The number of carbonyl (C=O) groups is 1. The Bertz CT molecular complexity index is 1170. The van der Waals surface area contributed by atoms with Crippen LogP contribution in [0.5, 0.6) is 11.5 Å². The van der Waals surface area contributed by atoms with Crippen LogP contribution < -0.4 is 20.5 Å². The maximum atomic E-state index is 12.7. The predicted octanol–water partition coefficient (Wildman–Crippen LogP) is 3.25. The van der Waals surface area contributed by atoms with Gasteiger partial charge in [-0.05, 0) is 62.4 Å². The Kier molecular flexibility index (Phi) is 7.04. The lowest BCUT2D eigenvalue weighted by molar-refractivity contribution is 0.244. The molecule has 0 fully saturated rings. The van der Waals surface area contributed by atoms with E-state index in [1.54, 1.807) is 69.5 Å². The molecule has 0 aliphatic carbocycles. The molecule has 0 saturated carbocycles. The third-order valence-electron chi connectivity index (χ3n) is 4.62. The fourth-order valence-electron chi connectivity index (χ4n) is 2.81. The fourth-order valence-corrected chi connectivity index (χ4v) is 3.63. The third kappa shape index (κ3) is 5.20. The van der Waals surface area contributed by atoms with E-state index in [2.05, 4.69) is 10.3 Å². The summed E-state index contributed by atoms with van der Waals surface area (Å²) < 4.78 is 41.9. The van der Waals surface area contributed by atoms with Crippen LogP contribution in [0.4, 0.5) is 4.79 Å². The molecular weight excluding hydrogens is 434 g/mol. The highest BCUT2D eigenvalue weighted by molar-refractivity contribution is 7.91. The molecule has 32 heavy (non-hydrogen) atoms. The maximum absolute atomic E-state index is 12.7. The number of oxazole rings is 1. The molecule has 0 unspecified atom stereocenters. The topological polar surface area (TPSA) is 134 Å². The van der Waals surface area contributed by atoms with Gasteiger partial charge in [-0.3, -0.25) is 0 Å². The third-order valence-corrected chi connectivity index (χ3v) is 6.52. The van der Waals surface area contributed by atoms with Gasteiger partial charge in [-0.25, -0.2) is 13.2 Å². The molecule has 0 aliphatic rings. The van der Waals surface area contributed by atoms with Crippen LogP contribution in [0.3, 0.4) is 0 Å². The minimum absolute atomic E-state index is 0.248. The van der Waals surface area contributed by atoms with E-state index in [0.29, 0.717) is 34.1 Å². The van der Waals surface area contributed by atoms with E-state index in [-0.39, 0.29) is 18.4 Å². The zero-order valence-electron chi connectivity index (χ0n) is 18.0. The first-order valence-corrected chi connectivity index (χ1v) is 11.4. The second-order valence-corrected chi connectivity index (χ2v) is 9.53. The summed E-state index contributed by atoms with van der Waals surface area (Å²) in [5, 5.41) is 1.43. The Morgan fingerprint density at radius 3 is 2.22 bits per heavy atom. The molecule has 0 atom stereocenters. The Hall–Kier alpha value is -3.53. The van der Waals surface area contributed by atoms with Gasteiger partial charge >= 0.3 is 11.3 Å². The minimum atomic E-state index is -3.71. The molecule has 0 radical (unpaired) electrons. The normalized spacial score (nSPS) is 11.4. The molecule has 1 aromatic heterocycles. The lowest BCUT2D eigenvalue weighted by atomic mass is 10.1. The molecule has 170 valence electrons. The van der Waals surface area contributed by atoms with Crippen LogP contribution in [-0.2, 0) is 9.84 Å². The number of nitrogens with one attached hydrogen (secondary N) is 1. The largest absolute Gasteiger partial charge is 0.497 e. The molecule has 2 amide bonds. The Labute approximate surface area is 186 Å². The number of nitrogens with zero attached hydrogens (tertiary/aromatic N) is 1. The summed E-state index contributed by atoms with van der Waals surface area (Å²) in [6, 6.07) is 13.4. The average Bonchev–Trinajstić information content (AvgIpc) is 3.23. The lowest BCUT2D eigenvalue weighted by Crippen LogP contribution is -2.32. The zero-order chi connectivity index (χ0) is 23.3. The number of rotatable bonds is 9. The van der Waals surface area contributed by atoms with E-state index in [1.165, 1.54) is 0 Å². The van der Waals surface area contributed by atoms with E-state index in [1.807, 2.05) is 0 Å². The van der Waals surface area contributed by atoms with Crippen LogP contribution >= 0.6 is 0 Å². The Morgan fingerprint density at radius 2 is 1.66 bits per heavy atom. The van der Waals surface area contributed by atoms with Gasteiger partial charge in [0.1, 0.15) is 23.8 Å². The second kappa shape index (κ2) is 9.73. The summed E-state index contributed by atoms with van der Waals surface area (Å²) in [5.74, 6) is 1.57. The predicted molar refractivity (Wildman–Crippen MR) is 119 cm³/mol. The first-order chi connectivity index (χ1) is 15.2. The summed E-state index contributed by atoms with van der Waals surface area (Å²) in [5.41, 5.74) is 6.75. The maximum Gasteiger partial charge on any atom is 0.316 e. The first-order valence-electron chi connectivity index (χ1n) is 9.88. The number of benzene rings is 2. The van der Waals surface area contributed by atoms with Gasteiger partial charge in [0, 0.05) is 11.1 Å². The van der Waals surface area contributed by atoms with E-state index >= 15 is 0 Å². The highest BCUT2D eigenvalue weighted by Gasteiger charge is 2.28. The van der Waals surface area contributed by atoms with Crippen LogP contribution in [0.1, 0.15) is 13.8 Å². The lowest BCUT2D eigenvalue weighted by Gasteiger charge is -2.07. The summed E-state index contributed by atoms with van der Waals surface area (Å²) in [7, 11) is -2.14. The number of hydrogen-bond acceptors (Lipinski definition) is 7. The highest BCUT2D eigenvalue weighted by Crippen LogP contribution is 2.36. The Morgan fingerprint density at radius 1 is 1.06 bits per heavy atom. The summed E-state index contributed by atoms with van der Waals surface area (Å²) in [4.78, 5) is 15.0. The standard InChI is InChI=1S/C22H25N3O6S/c1-14(2)32(27,28)22-25-19(15-4-8-17(29-3)9-5-15)20(31-22)16-6-10-18(11-7-16)30-13-12-24-21(23)26/h4-11,14H,12-13H2,1-3H3,(H3,23,24,26). The number of carbonyl (C=O) groups excluding carboxylic acids is 1. The minimum Gasteiger partial charge on any atom is -0.497 e. The van der Waals surface area contributed by atoms with E-state index in [9.17, 15) is 13.2 Å². The molecule has 10 heteroatoms. The van der Waals surface area contributed by atoms with Crippen molar-refractivity contribution in [2.45, 2.75) is 24.3 Å². The van der Waals surface area contributed by atoms with Crippen molar-refractivity contribution in [3.8, 4) is 34.1 Å². The molecule has 3 aromatic rings. The SMILES string of the molecule is COc1ccc(-c2nc(S(=O)(=O)C(C)C)oc2-c2ccc(OCCNC(N)=O)cc2)cc1. The number of aromatic nitrogens is 1. The number of primary amides is 1. The molecule has 1 heterocycles. The second-order valence-electron chi connectivity index (χ2n) is 7.14. The van der Waals surface area contributed by atoms with Gasteiger partial charge in [-0.2, -0.15) is 4.98 Å². The number of sulfone groups is 1. The summed E-state index contributed by atoms with van der Waals surface area (Å²) in [6.07, 6.45) is 0. The molecule has 0 aliphatic heterocycles. The molecule has 0 bridgehead atoms. The van der Waals surface area contributed by atoms with Crippen molar-refractivity contribution in [2.24, 2.45) is 5.73 Å². The van der Waals surface area contributed by atoms with Crippen molar-refractivity contribution in [2.75, 3.05) is 20.3 Å². The van der Waals surface area contributed by atoms with Crippen LogP contribution in [0.2, 0.25) is 0 Å². The fraction of sp³-hybridized carbons (Fsp3) is 0.273. The van der Waals surface area contributed by atoms with Crippen molar-refractivity contribution in [3.05, 3.63) is 48.5 Å². The van der Waals surface area contributed by atoms with Crippen molar-refractivity contribution in [3.63, 3.8) is 0 Å². The molecule has 9 nitrogen and oxygen atoms in total. The van der Waals surface area contributed by atoms with E-state index in [0.717, 1.165) is 0 Å². The van der Waals surface area contributed by atoms with Crippen LogP contribution in [0, 0.1) is 0 Å². The summed E-state index contributed by atoms with van der Waals surface area (Å²) in [6.45, 7) is 3.67. The first kappa shape index (κ1) is 23.1. The van der Waals surface area contributed by atoms with Gasteiger partial charge in [-0.1, -0.05) is 0 Å². The zero-order valence-corrected chi connectivity index (χ0v) is 18.8. The van der Waals surface area contributed by atoms with E-state index in [4.69, 9.17) is 19.6 Å².